The van der Waals surface area contributed by atoms with Crippen LogP contribution in [0.4, 0.5) is 5.69 Å². The maximum Gasteiger partial charge on any atom is 0.254 e. The Balaban J connectivity index is 2.03. The zero-order valence-electron chi connectivity index (χ0n) is 11.3. The average Bonchev–Trinajstić information content (AvgIpc) is 2.75. The third kappa shape index (κ3) is 2.16. The predicted octanol–water partition coefficient (Wildman–Crippen LogP) is 1.63. The second kappa shape index (κ2) is 4.48. The second-order valence-electron chi connectivity index (χ2n) is 4.70. The molecule has 0 aliphatic carbocycles. The van der Waals surface area contributed by atoms with Gasteiger partial charge in [-0.05, 0) is 32.0 Å². The fourth-order valence-corrected chi connectivity index (χ4v) is 2.15. The van der Waals surface area contributed by atoms with Crippen molar-refractivity contribution in [3.63, 3.8) is 0 Å². The Morgan fingerprint density at radius 3 is 2.80 bits per heavy atom. The molecule has 0 aliphatic rings. The van der Waals surface area contributed by atoms with Crippen LogP contribution in [-0.2, 0) is 6.54 Å². The van der Waals surface area contributed by atoms with Gasteiger partial charge in [-0.3, -0.25) is 9.36 Å². The molecule has 0 fully saturated rings. The van der Waals surface area contributed by atoms with Crippen LogP contribution in [0.1, 0.15) is 17.4 Å². The highest BCUT2D eigenvalue weighted by atomic mass is 16.3. The Labute approximate surface area is 114 Å². The molecule has 0 saturated carbocycles. The largest absolute Gasteiger partial charge is 0.439 e. The predicted molar refractivity (Wildman–Crippen MR) is 75.5 cm³/mol. The highest BCUT2D eigenvalue weighted by Crippen LogP contribution is 2.18. The van der Waals surface area contributed by atoms with E-state index in [4.69, 9.17) is 10.2 Å². The quantitative estimate of drug-likeness (QED) is 0.715. The molecule has 20 heavy (non-hydrogen) atoms. The van der Waals surface area contributed by atoms with Crippen molar-refractivity contribution >= 4 is 16.8 Å². The van der Waals surface area contributed by atoms with Crippen molar-refractivity contribution in [2.45, 2.75) is 20.4 Å². The minimum atomic E-state index is -0.114. The summed E-state index contributed by atoms with van der Waals surface area (Å²) >= 11 is 0. The van der Waals surface area contributed by atoms with Gasteiger partial charge in [-0.15, -0.1) is 0 Å². The number of benzene rings is 1. The van der Waals surface area contributed by atoms with Gasteiger partial charge < -0.3 is 10.2 Å². The summed E-state index contributed by atoms with van der Waals surface area (Å²) in [6, 6.07) is 6.76. The lowest BCUT2D eigenvalue weighted by molar-refractivity contribution is 0.496. The number of aryl methyl sites for hydroxylation is 2. The van der Waals surface area contributed by atoms with Gasteiger partial charge in [0.15, 0.2) is 5.58 Å². The fraction of sp³-hybridized carbons (Fsp3) is 0.214. The molecule has 0 aliphatic heterocycles. The van der Waals surface area contributed by atoms with E-state index in [1.165, 1.54) is 10.6 Å². The maximum atomic E-state index is 12.0. The standard InChI is InChI=1S/C14H14N4O2/c1-8-5-14(19)18(9(2)16-8)7-13-17-11-6-10(15)3-4-12(11)20-13/h3-6H,7,15H2,1-2H3. The zero-order valence-corrected chi connectivity index (χ0v) is 11.3. The minimum absolute atomic E-state index is 0.114. The second-order valence-corrected chi connectivity index (χ2v) is 4.70. The third-order valence-corrected chi connectivity index (χ3v) is 3.08. The summed E-state index contributed by atoms with van der Waals surface area (Å²) in [6.45, 7) is 3.84. The third-order valence-electron chi connectivity index (χ3n) is 3.08. The molecule has 0 saturated heterocycles. The van der Waals surface area contributed by atoms with Crippen LogP contribution in [0.5, 0.6) is 0 Å². The van der Waals surface area contributed by atoms with Crippen LogP contribution in [0.25, 0.3) is 11.1 Å². The van der Waals surface area contributed by atoms with Crippen molar-refractivity contribution in [3.05, 3.63) is 52.0 Å². The number of aromatic nitrogens is 3. The van der Waals surface area contributed by atoms with Crippen LogP contribution in [0.15, 0.2) is 33.5 Å². The van der Waals surface area contributed by atoms with Crippen molar-refractivity contribution in [3.8, 4) is 0 Å². The number of rotatable bonds is 2. The Morgan fingerprint density at radius 1 is 1.25 bits per heavy atom. The first-order valence-corrected chi connectivity index (χ1v) is 6.23. The molecule has 1 aromatic carbocycles. The van der Waals surface area contributed by atoms with Gasteiger partial charge in [0, 0.05) is 17.4 Å². The van der Waals surface area contributed by atoms with E-state index in [1.807, 2.05) is 0 Å². The number of fused-ring (bicyclic) bond motifs is 1. The summed E-state index contributed by atoms with van der Waals surface area (Å²) in [5.74, 6) is 1.10. The molecular formula is C14H14N4O2. The number of hydrogen-bond acceptors (Lipinski definition) is 5. The Bertz CT molecular complexity index is 848. The van der Waals surface area contributed by atoms with Gasteiger partial charge >= 0.3 is 0 Å². The molecule has 2 aromatic heterocycles. The lowest BCUT2D eigenvalue weighted by atomic mass is 10.3. The van der Waals surface area contributed by atoms with Crippen molar-refractivity contribution in [1.29, 1.82) is 0 Å². The van der Waals surface area contributed by atoms with Gasteiger partial charge in [0.1, 0.15) is 17.9 Å². The van der Waals surface area contributed by atoms with Crippen molar-refractivity contribution in [1.82, 2.24) is 14.5 Å². The normalized spacial score (nSPS) is 11.1. The molecule has 3 aromatic rings. The highest BCUT2D eigenvalue weighted by molar-refractivity contribution is 5.76. The van der Waals surface area contributed by atoms with Crippen molar-refractivity contribution in [2.75, 3.05) is 5.73 Å². The first-order valence-electron chi connectivity index (χ1n) is 6.23. The monoisotopic (exact) mass is 270 g/mol. The summed E-state index contributed by atoms with van der Waals surface area (Å²) in [4.78, 5) is 20.6. The molecule has 3 rings (SSSR count). The molecule has 102 valence electrons. The van der Waals surface area contributed by atoms with Crippen LogP contribution in [0.2, 0.25) is 0 Å². The number of oxazole rings is 1. The number of nitrogens with zero attached hydrogens (tertiary/aromatic N) is 3. The van der Waals surface area contributed by atoms with Crippen LogP contribution >= 0.6 is 0 Å². The lowest BCUT2D eigenvalue weighted by Crippen LogP contribution is -2.24. The Kier molecular flexibility index (Phi) is 2.78. The summed E-state index contributed by atoms with van der Waals surface area (Å²) in [5.41, 5.74) is 8.26. The van der Waals surface area contributed by atoms with Gasteiger partial charge in [-0.2, -0.15) is 0 Å². The number of nitrogens with two attached hydrogens (primary N) is 1. The number of hydrogen-bond donors (Lipinski definition) is 1. The van der Waals surface area contributed by atoms with Crippen LogP contribution < -0.4 is 11.3 Å². The van der Waals surface area contributed by atoms with E-state index in [9.17, 15) is 4.79 Å². The maximum absolute atomic E-state index is 12.0. The first-order chi connectivity index (χ1) is 9.52. The van der Waals surface area contributed by atoms with Crippen LogP contribution in [-0.4, -0.2) is 14.5 Å². The van der Waals surface area contributed by atoms with Crippen molar-refractivity contribution in [2.24, 2.45) is 0 Å². The van der Waals surface area contributed by atoms with Gasteiger partial charge in [0.2, 0.25) is 5.89 Å². The smallest absolute Gasteiger partial charge is 0.254 e. The lowest BCUT2D eigenvalue weighted by Gasteiger charge is -2.06. The van der Waals surface area contributed by atoms with E-state index in [-0.39, 0.29) is 12.1 Å². The molecule has 2 N–H and O–H groups in total. The van der Waals surface area contributed by atoms with Gasteiger partial charge in [-0.25, -0.2) is 9.97 Å². The highest BCUT2D eigenvalue weighted by Gasteiger charge is 2.10. The Hall–Kier alpha value is -2.63. The van der Waals surface area contributed by atoms with Gasteiger partial charge in [0.05, 0.1) is 0 Å². The van der Waals surface area contributed by atoms with E-state index in [0.717, 1.165) is 0 Å². The molecule has 0 atom stereocenters. The molecule has 6 nitrogen and oxygen atoms in total. The summed E-state index contributed by atoms with van der Waals surface area (Å²) < 4.78 is 7.14. The molecular weight excluding hydrogens is 256 g/mol. The molecule has 0 spiro atoms. The molecule has 6 heteroatoms. The number of anilines is 1. The Morgan fingerprint density at radius 2 is 2.05 bits per heavy atom. The van der Waals surface area contributed by atoms with Gasteiger partial charge in [-0.1, -0.05) is 0 Å². The van der Waals surface area contributed by atoms with Crippen LogP contribution in [0.3, 0.4) is 0 Å². The summed E-state index contributed by atoms with van der Waals surface area (Å²) in [5, 5.41) is 0. The van der Waals surface area contributed by atoms with E-state index < -0.39 is 0 Å². The molecule has 0 amide bonds. The molecule has 0 bridgehead atoms. The molecule has 2 heterocycles. The van der Waals surface area contributed by atoms with Gasteiger partial charge in [0.25, 0.3) is 5.56 Å². The first kappa shape index (κ1) is 12.4. The molecule has 0 radical (unpaired) electrons. The molecule has 0 unspecified atom stereocenters. The van der Waals surface area contributed by atoms with Crippen molar-refractivity contribution < 1.29 is 4.42 Å². The average molecular weight is 270 g/mol. The van der Waals surface area contributed by atoms with E-state index in [0.29, 0.717) is 34.2 Å². The van der Waals surface area contributed by atoms with E-state index in [2.05, 4.69) is 9.97 Å². The zero-order chi connectivity index (χ0) is 14.3. The summed E-state index contributed by atoms with van der Waals surface area (Å²) in [7, 11) is 0. The number of nitrogen functional groups attached to an aromatic ring is 1. The minimum Gasteiger partial charge on any atom is -0.439 e. The topological polar surface area (TPSA) is 86.9 Å². The SMILES string of the molecule is Cc1cc(=O)n(Cc2nc3cc(N)ccc3o2)c(C)n1. The van der Waals surface area contributed by atoms with E-state index >= 15 is 0 Å². The van der Waals surface area contributed by atoms with Crippen LogP contribution in [0, 0.1) is 13.8 Å². The summed E-state index contributed by atoms with van der Waals surface area (Å²) in [6.07, 6.45) is 0. The fourth-order valence-electron chi connectivity index (χ4n) is 2.15. The van der Waals surface area contributed by atoms with E-state index in [1.54, 1.807) is 32.0 Å².